The molecule has 0 aromatic heterocycles. The van der Waals surface area contributed by atoms with Crippen LogP contribution in [0.3, 0.4) is 0 Å². The van der Waals surface area contributed by atoms with Gasteiger partial charge in [-0.25, -0.2) is 4.39 Å². The highest BCUT2D eigenvalue weighted by Crippen LogP contribution is 2.21. The lowest BCUT2D eigenvalue weighted by atomic mass is 9.98. The maximum Gasteiger partial charge on any atom is 0.254 e. The highest BCUT2D eigenvalue weighted by Gasteiger charge is 2.24. The second-order valence-corrected chi connectivity index (χ2v) is 5.60. The number of rotatable bonds is 4. The quantitative estimate of drug-likeness (QED) is 0.925. The molecule has 21 heavy (non-hydrogen) atoms. The largest absolute Gasteiger partial charge is 0.351 e. The Hall–Kier alpha value is -1.13. The lowest BCUT2D eigenvalue weighted by molar-refractivity contribution is 0.0886. The van der Waals surface area contributed by atoms with E-state index in [1.807, 2.05) is 0 Å². The number of halogens is 2. The smallest absolute Gasteiger partial charge is 0.254 e. The maximum atomic E-state index is 13.5. The summed E-state index contributed by atoms with van der Waals surface area (Å²) < 4.78 is 13.5. The van der Waals surface area contributed by atoms with Crippen molar-refractivity contribution >= 4 is 18.3 Å². The minimum atomic E-state index is -0.468. The molecule has 5 heteroatoms. The summed E-state index contributed by atoms with van der Waals surface area (Å²) in [5.41, 5.74) is 0.118. The predicted octanol–water partition coefficient (Wildman–Crippen LogP) is 3.24. The molecule has 2 rings (SSSR count). The van der Waals surface area contributed by atoms with E-state index in [2.05, 4.69) is 24.1 Å². The standard InChI is InChI=1S/C16H23FN2O.ClH/c1-12-6-5-7-13(2)19(12)11-10-18-16(20)14-8-3-4-9-15(14)17;/h3-4,8-9,12-13H,5-7,10-11H2,1-2H3,(H,18,20);1H. The Balaban J connectivity index is 0.00000220. The van der Waals surface area contributed by atoms with Crippen LogP contribution in [-0.2, 0) is 0 Å². The Morgan fingerprint density at radius 1 is 1.29 bits per heavy atom. The zero-order valence-electron chi connectivity index (χ0n) is 12.6. The molecule has 2 unspecified atom stereocenters. The van der Waals surface area contributed by atoms with Crippen LogP contribution in [-0.4, -0.2) is 36.0 Å². The van der Waals surface area contributed by atoms with Gasteiger partial charge in [0.1, 0.15) is 5.82 Å². The summed E-state index contributed by atoms with van der Waals surface area (Å²) in [6.07, 6.45) is 3.71. The molecule has 118 valence electrons. The number of nitrogens with one attached hydrogen (secondary N) is 1. The fraction of sp³-hybridized carbons (Fsp3) is 0.562. The molecule has 1 aliphatic heterocycles. The fourth-order valence-corrected chi connectivity index (χ4v) is 2.95. The van der Waals surface area contributed by atoms with Gasteiger partial charge in [-0.1, -0.05) is 18.6 Å². The molecule has 0 bridgehead atoms. The molecule has 1 aliphatic rings. The summed E-state index contributed by atoms with van der Waals surface area (Å²) >= 11 is 0. The van der Waals surface area contributed by atoms with Crippen LogP contribution in [0.5, 0.6) is 0 Å². The van der Waals surface area contributed by atoms with Gasteiger partial charge in [-0.2, -0.15) is 0 Å². The minimum Gasteiger partial charge on any atom is -0.351 e. The van der Waals surface area contributed by atoms with Gasteiger partial charge < -0.3 is 5.32 Å². The third-order valence-corrected chi connectivity index (χ3v) is 4.15. The zero-order chi connectivity index (χ0) is 14.5. The normalized spacial score (nSPS) is 22.4. The summed E-state index contributed by atoms with van der Waals surface area (Å²) in [5, 5.41) is 2.81. The molecule has 0 spiro atoms. The minimum absolute atomic E-state index is 0. The van der Waals surface area contributed by atoms with Crippen molar-refractivity contribution in [3.63, 3.8) is 0 Å². The van der Waals surface area contributed by atoms with E-state index in [0.29, 0.717) is 18.6 Å². The first kappa shape index (κ1) is 17.9. The molecule has 0 saturated carbocycles. The number of hydrogen-bond acceptors (Lipinski definition) is 2. The number of amides is 1. The molecular weight excluding hydrogens is 291 g/mol. The molecule has 1 N–H and O–H groups in total. The van der Waals surface area contributed by atoms with E-state index in [9.17, 15) is 9.18 Å². The lowest BCUT2D eigenvalue weighted by Crippen LogP contribution is -2.47. The van der Waals surface area contributed by atoms with Gasteiger partial charge in [0, 0.05) is 25.2 Å². The van der Waals surface area contributed by atoms with E-state index >= 15 is 0 Å². The monoisotopic (exact) mass is 314 g/mol. The van der Waals surface area contributed by atoms with Crippen LogP contribution in [0.2, 0.25) is 0 Å². The summed E-state index contributed by atoms with van der Waals surface area (Å²) in [7, 11) is 0. The number of benzene rings is 1. The molecule has 0 radical (unpaired) electrons. The van der Waals surface area contributed by atoms with Crippen molar-refractivity contribution < 1.29 is 9.18 Å². The van der Waals surface area contributed by atoms with Gasteiger partial charge in [0.05, 0.1) is 5.56 Å². The van der Waals surface area contributed by atoms with E-state index in [0.717, 1.165) is 6.54 Å². The van der Waals surface area contributed by atoms with Crippen molar-refractivity contribution in [2.24, 2.45) is 0 Å². The average Bonchev–Trinajstić information content (AvgIpc) is 2.42. The van der Waals surface area contributed by atoms with Gasteiger partial charge in [0.2, 0.25) is 0 Å². The summed E-state index contributed by atoms with van der Waals surface area (Å²) in [6, 6.07) is 7.20. The fourth-order valence-electron chi connectivity index (χ4n) is 2.95. The third-order valence-electron chi connectivity index (χ3n) is 4.15. The molecule has 1 heterocycles. The van der Waals surface area contributed by atoms with Gasteiger partial charge in [-0.05, 0) is 38.8 Å². The van der Waals surface area contributed by atoms with Crippen LogP contribution >= 0.6 is 12.4 Å². The Labute approximate surface area is 132 Å². The second-order valence-electron chi connectivity index (χ2n) is 5.60. The average molecular weight is 315 g/mol. The summed E-state index contributed by atoms with van der Waals surface area (Å²) in [6.45, 7) is 5.84. The zero-order valence-corrected chi connectivity index (χ0v) is 13.5. The SMILES string of the molecule is CC1CCCC(C)N1CCNC(=O)c1ccccc1F.Cl. The van der Waals surface area contributed by atoms with Crippen LogP contribution in [0, 0.1) is 5.82 Å². The molecule has 3 nitrogen and oxygen atoms in total. The molecule has 1 fully saturated rings. The van der Waals surface area contributed by atoms with Crippen molar-refractivity contribution in [1.82, 2.24) is 10.2 Å². The maximum absolute atomic E-state index is 13.5. The Morgan fingerprint density at radius 2 is 1.90 bits per heavy atom. The lowest BCUT2D eigenvalue weighted by Gasteiger charge is -2.39. The molecule has 1 saturated heterocycles. The van der Waals surface area contributed by atoms with Crippen LogP contribution in [0.4, 0.5) is 4.39 Å². The first-order valence-electron chi connectivity index (χ1n) is 7.38. The third kappa shape index (κ3) is 4.68. The molecule has 1 aromatic carbocycles. The molecule has 0 aliphatic carbocycles. The number of piperidine rings is 1. The second kappa shape index (κ2) is 8.35. The van der Waals surface area contributed by atoms with E-state index < -0.39 is 5.82 Å². The molecular formula is C16H24ClFN2O. The molecule has 2 atom stereocenters. The Morgan fingerprint density at radius 3 is 2.52 bits per heavy atom. The van der Waals surface area contributed by atoms with Crippen molar-refractivity contribution in [2.75, 3.05) is 13.1 Å². The predicted molar refractivity (Wildman–Crippen MR) is 85.5 cm³/mol. The summed E-state index contributed by atoms with van der Waals surface area (Å²) in [5.74, 6) is -0.801. The van der Waals surface area contributed by atoms with Crippen LogP contribution in [0.15, 0.2) is 24.3 Å². The highest BCUT2D eigenvalue weighted by molar-refractivity contribution is 5.94. The molecule has 1 aromatic rings. The number of nitrogens with zero attached hydrogens (tertiary/aromatic N) is 1. The van der Waals surface area contributed by atoms with Crippen molar-refractivity contribution in [3.05, 3.63) is 35.6 Å². The first-order valence-corrected chi connectivity index (χ1v) is 7.38. The van der Waals surface area contributed by atoms with E-state index in [4.69, 9.17) is 0 Å². The van der Waals surface area contributed by atoms with Crippen molar-refractivity contribution in [1.29, 1.82) is 0 Å². The van der Waals surface area contributed by atoms with Crippen LogP contribution in [0.25, 0.3) is 0 Å². The van der Waals surface area contributed by atoms with Gasteiger partial charge in [0.15, 0.2) is 0 Å². The van der Waals surface area contributed by atoms with Gasteiger partial charge in [-0.15, -0.1) is 12.4 Å². The van der Waals surface area contributed by atoms with Crippen LogP contribution in [0.1, 0.15) is 43.5 Å². The Kier molecular flexibility index (Phi) is 7.12. The van der Waals surface area contributed by atoms with Crippen LogP contribution < -0.4 is 5.32 Å². The number of carbonyl (C=O) groups excluding carboxylic acids is 1. The number of carbonyl (C=O) groups is 1. The number of hydrogen-bond donors (Lipinski definition) is 1. The van der Waals surface area contributed by atoms with Gasteiger partial charge >= 0.3 is 0 Å². The van der Waals surface area contributed by atoms with Gasteiger partial charge in [-0.3, -0.25) is 9.69 Å². The van der Waals surface area contributed by atoms with Crippen molar-refractivity contribution in [3.8, 4) is 0 Å². The Bertz CT molecular complexity index is 459. The molecule has 1 amide bonds. The van der Waals surface area contributed by atoms with E-state index in [1.54, 1.807) is 12.1 Å². The topological polar surface area (TPSA) is 32.3 Å². The first-order chi connectivity index (χ1) is 9.59. The van der Waals surface area contributed by atoms with Crippen molar-refractivity contribution in [2.45, 2.75) is 45.2 Å². The highest BCUT2D eigenvalue weighted by atomic mass is 35.5. The summed E-state index contributed by atoms with van der Waals surface area (Å²) in [4.78, 5) is 14.3. The van der Waals surface area contributed by atoms with Gasteiger partial charge in [0.25, 0.3) is 5.91 Å². The van der Waals surface area contributed by atoms with E-state index in [-0.39, 0.29) is 23.9 Å². The number of likely N-dealkylation sites (tertiary alicyclic amines) is 1. The van der Waals surface area contributed by atoms with E-state index in [1.165, 1.54) is 31.4 Å².